The third-order valence-electron chi connectivity index (χ3n) is 13.2. The van der Waals surface area contributed by atoms with Crippen LogP contribution in [0.5, 0.6) is 0 Å². The fraction of sp³-hybridized carbons (Fsp3) is 0.634. The molecule has 6 atom stereocenters. The van der Waals surface area contributed by atoms with Gasteiger partial charge in [-0.1, -0.05) is 64.2 Å². The molecule has 5 aliphatic rings. The zero-order valence-electron chi connectivity index (χ0n) is 33.0. The minimum Gasteiger partial charge on any atom is -0.748 e. The van der Waals surface area contributed by atoms with E-state index in [1.54, 1.807) is 0 Å². The van der Waals surface area contributed by atoms with Crippen LogP contribution in [0.4, 0.5) is 0 Å². The van der Waals surface area contributed by atoms with Gasteiger partial charge in [0.2, 0.25) is 11.8 Å². The van der Waals surface area contributed by atoms with Crippen LogP contribution in [0.1, 0.15) is 91.9 Å². The molecular formula is C41H58N4O9S2-2. The first kappa shape index (κ1) is 43.6. The van der Waals surface area contributed by atoms with Crippen molar-refractivity contribution in [1.29, 1.82) is 0 Å². The summed E-state index contributed by atoms with van der Waals surface area (Å²) >= 11 is 0. The topological polar surface area (TPSA) is 224 Å². The Kier molecular flexibility index (Phi) is 13.3. The largest absolute Gasteiger partial charge is 0.748 e. The Morgan fingerprint density at radius 2 is 1.02 bits per heavy atom. The highest BCUT2D eigenvalue weighted by Crippen LogP contribution is 2.55. The van der Waals surface area contributed by atoms with E-state index in [-0.39, 0.29) is 77.0 Å². The van der Waals surface area contributed by atoms with E-state index in [0.717, 1.165) is 24.2 Å². The summed E-state index contributed by atoms with van der Waals surface area (Å²) in [6.45, 7) is 9.30. The van der Waals surface area contributed by atoms with E-state index < -0.39 is 31.7 Å². The fourth-order valence-corrected chi connectivity index (χ4v) is 11.2. The molecule has 2 saturated heterocycles. The van der Waals surface area contributed by atoms with Gasteiger partial charge in [-0.2, -0.15) is 0 Å². The summed E-state index contributed by atoms with van der Waals surface area (Å²) in [4.78, 5) is 41.9. The molecule has 0 spiro atoms. The number of ketones is 1. The van der Waals surface area contributed by atoms with Crippen molar-refractivity contribution in [2.45, 2.75) is 104 Å². The number of carbonyl (C=O) groups excluding carboxylic acids is 3. The Hall–Kier alpha value is -3.53. The smallest absolute Gasteiger partial charge is 0.220 e. The number of hydrogen-bond acceptors (Lipinski definition) is 11. The van der Waals surface area contributed by atoms with Crippen molar-refractivity contribution in [2.75, 3.05) is 24.6 Å². The SMILES string of the molecule is CC1(C)C(=CC=CC=C2CCC(=CC=CC=C3N(CCCS(=O)(=O)[O-])C4CCC(C(N)=O)CC4C3(C)C)C2=O)N(CCCS(=O)(=O)[O-])C2CCC(C(N)=O)CC21. The van der Waals surface area contributed by atoms with Gasteiger partial charge in [0, 0.05) is 81.9 Å². The van der Waals surface area contributed by atoms with Crippen LogP contribution in [-0.4, -0.2) is 90.0 Å². The summed E-state index contributed by atoms with van der Waals surface area (Å²) in [5.41, 5.74) is 14.1. The van der Waals surface area contributed by atoms with Crippen molar-refractivity contribution in [3.05, 3.63) is 71.1 Å². The molecule has 0 aromatic carbocycles. The Labute approximate surface area is 332 Å². The van der Waals surface area contributed by atoms with Crippen molar-refractivity contribution < 1.29 is 40.3 Å². The molecule has 3 saturated carbocycles. The van der Waals surface area contributed by atoms with E-state index in [1.165, 1.54) is 0 Å². The maximum absolute atomic E-state index is 13.4. The Bertz CT molecular complexity index is 1820. The molecule has 310 valence electrons. The van der Waals surface area contributed by atoms with Crippen LogP contribution in [-0.2, 0) is 34.6 Å². The van der Waals surface area contributed by atoms with Crippen LogP contribution in [0.3, 0.4) is 0 Å². The Balaban J connectivity index is 1.29. The van der Waals surface area contributed by atoms with E-state index in [2.05, 4.69) is 37.5 Å². The molecule has 56 heavy (non-hydrogen) atoms. The molecule has 0 aromatic rings. The van der Waals surface area contributed by atoms with Gasteiger partial charge in [0.25, 0.3) is 0 Å². The highest BCUT2D eigenvalue weighted by Gasteiger charge is 2.53. The van der Waals surface area contributed by atoms with Gasteiger partial charge < -0.3 is 30.4 Å². The lowest BCUT2D eigenvalue weighted by Crippen LogP contribution is -2.41. The van der Waals surface area contributed by atoms with Gasteiger partial charge in [0.1, 0.15) is 0 Å². The molecular weight excluding hydrogens is 757 g/mol. The number of rotatable bonds is 14. The van der Waals surface area contributed by atoms with Crippen LogP contribution in [0.25, 0.3) is 0 Å². The van der Waals surface area contributed by atoms with Crippen molar-refractivity contribution in [3.8, 4) is 0 Å². The molecule has 0 radical (unpaired) electrons. The maximum Gasteiger partial charge on any atom is 0.220 e. The number of likely N-dealkylation sites (tertiary alicyclic amines) is 2. The number of carbonyl (C=O) groups is 3. The third kappa shape index (κ3) is 9.94. The first-order valence-electron chi connectivity index (χ1n) is 19.8. The molecule has 3 aliphatic carbocycles. The number of hydrogen-bond donors (Lipinski definition) is 2. The van der Waals surface area contributed by atoms with Crippen molar-refractivity contribution in [3.63, 3.8) is 0 Å². The predicted octanol–water partition coefficient (Wildman–Crippen LogP) is 4.18. The summed E-state index contributed by atoms with van der Waals surface area (Å²) in [6.07, 6.45) is 20.8. The Morgan fingerprint density at radius 1 is 0.661 bits per heavy atom. The summed E-state index contributed by atoms with van der Waals surface area (Å²) in [6, 6.07) is 0.203. The first-order valence-corrected chi connectivity index (χ1v) is 23.0. The molecule has 13 nitrogen and oxygen atoms in total. The zero-order chi connectivity index (χ0) is 41.2. The second kappa shape index (κ2) is 17.1. The van der Waals surface area contributed by atoms with Gasteiger partial charge in [0.15, 0.2) is 5.78 Å². The summed E-state index contributed by atoms with van der Waals surface area (Å²) in [7, 11) is -8.70. The van der Waals surface area contributed by atoms with Gasteiger partial charge in [-0.25, -0.2) is 16.8 Å². The van der Waals surface area contributed by atoms with Gasteiger partial charge >= 0.3 is 0 Å². The van der Waals surface area contributed by atoms with Crippen molar-refractivity contribution >= 4 is 37.8 Å². The maximum atomic E-state index is 13.4. The quantitative estimate of drug-likeness (QED) is 0.187. The summed E-state index contributed by atoms with van der Waals surface area (Å²) in [5.74, 6) is -1.69. The number of nitrogens with two attached hydrogens (primary N) is 2. The van der Waals surface area contributed by atoms with E-state index in [4.69, 9.17) is 11.5 Å². The number of Topliss-reactive ketones (excluding diaryl/α,β-unsaturated/α-hetero) is 1. The minimum atomic E-state index is -4.35. The lowest BCUT2D eigenvalue weighted by atomic mass is 9.67. The second-order valence-electron chi connectivity index (χ2n) is 17.3. The third-order valence-corrected chi connectivity index (χ3v) is 14.8. The average molecular weight is 815 g/mol. The second-order valence-corrected chi connectivity index (χ2v) is 20.4. The lowest BCUT2D eigenvalue weighted by molar-refractivity contribution is -0.124. The van der Waals surface area contributed by atoms with Gasteiger partial charge in [-0.15, -0.1) is 0 Å². The number of amides is 2. The van der Waals surface area contributed by atoms with E-state index >= 15 is 0 Å². The van der Waals surface area contributed by atoms with E-state index in [0.29, 0.717) is 62.8 Å². The van der Waals surface area contributed by atoms with Crippen LogP contribution in [0.2, 0.25) is 0 Å². The highest BCUT2D eigenvalue weighted by molar-refractivity contribution is 7.85. The zero-order valence-corrected chi connectivity index (χ0v) is 34.7. The highest BCUT2D eigenvalue weighted by atomic mass is 32.2. The molecule has 5 rings (SSSR count). The number of nitrogens with zero attached hydrogens (tertiary/aromatic N) is 2. The minimum absolute atomic E-state index is 0.0325. The van der Waals surface area contributed by atoms with Crippen molar-refractivity contribution in [1.82, 2.24) is 9.80 Å². The summed E-state index contributed by atoms with van der Waals surface area (Å²) < 4.78 is 68.2. The number of fused-ring (bicyclic) bond motifs is 2. The molecule has 6 unspecified atom stereocenters. The van der Waals surface area contributed by atoms with Crippen LogP contribution >= 0.6 is 0 Å². The Morgan fingerprint density at radius 3 is 1.36 bits per heavy atom. The van der Waals surface area contributed by atoms with Gasteiger partial charge in [-0.05, 0) is 88.2 Å². The normalized spacial score (nSPS) is 32.1. The number of primary amides is 2. The van der Waals surface area contributed by atoms with Crippen LogP contribution in [0.15, 0.2) is 71.1 Å². The molecule has 4 N–H and O–H groups in total. The molecule has 2 aliphatic heterocycles. The van der Waals surface area contributed by atoms with Gasteiger partial charge in [0.05, 0.1) is 20.2 Å². The number of allylic oxidation sites excluding steroid dienone is 12. The monoisotopic (exact) mass is 814 g/mol. The molecule has 2 heterocycles. The molecule has 15 heteroatoms. The van der Waals surface area contributed by atoms with E-state index in [9.17, 15) is 40.3 Å². The molecule has 2 amide bonds. The fourth-order valence-electron chi connectivity index (χ4n) is 10.3. The lowest BCUT2D eigenvalue weighted by Gasteiger charge is -2.37. The average Bonchev–Trinajstić information content (AvgIpc) is 3.63. The van der Waals surface area contributed by atoms with Crippen LogP contribution in [0, 0.1) is 34.5 Å². The summed E-state index contributed by atoms with van der Waals surface area (Å²) in [5, 5.41) is 0. The van der Waals surface area contributed by atoms with E-state index in [1.807, 2.05) is 48.6 Å². The standard InChI is InChI=1S/C41H60N4O9S2/c1-40(2)31-25-29(38(42)47)17-19-33(31)44(21-9-23-55(49,50)51)35(40)13-7-5-11-27-15-16-28(37(27)46)12-6-8-14-36-41(3,4)32-26-30(39(43)48)18-20-34(32)45(36)22-10-24-56(52,53)54/h5-8,11-14,29-34H,9-10,15-26H2,1-4H3,(H2,42,47)(H2,43,48)(H,49,50,51)(H,52,53,54)/p-2. The van der Waals surface area contributed by atoms with Gasteiger partial charge in [-0.3, -0.25) is 14.4 Å². The first-order chi connectivity index (χ1) is 26.1. The molecule has 5 fully saturated rings. The molecule has 0 aromatic heterocycles. The van der Waals surface area contributed by atoms with Crippen LogP contribution < -0.4 is 11.5 Å². The molecule has 0 bridgehead atoms. The van der Waals surface area contributed by atoms with Crippen molar-refractivity contribution in [2.24, 2.45) is 46.0 Å². The predicted molar refractivity (Wildman–Crippen MR) is 212 cm³/mol.